The van der Waals surface area contributed by atoms with Crippen molar-refractivity contribution in [1.29, 1.82) is 5.26 Å². The smallest absolute Gasteiger partial charge is 0.276 e. The SMILES string of the molecule is COc1cc(-c2noc(-c3ccc(C#N)cn3)n2)ncn1. The summed E-state index contributed by atoms with van der Waals surface area (Å²) in [5, 5.41) is 12.6. The summed E-state index contributed by atoms with van der Waals surface area (Å²) >= 11 is 0. The zero-order chi connectivity index (χ0) is 14.7. The van der Waals surface area contributed by atoms with Gasteiger partial charge in [0.2, 0.25) is 11.7 Å². The molecule has 0 spiro atoms. The van der Waals surface area contributed by atoms with Crippen LogP contribution in [0.2, 0.25) is 0 Å². The summed E-state index contributed by atoms with van der Waals surface area (Å²) in [4.78, 5) is 16.3. The van der Waals surface area contributed by atoms with Crippen LogP contribution in [0.5, 0.6) is 5.88 Å². The first-order chi connectivity index (χ1) is 10.3. The van der Waals surface area contributed by atoms with Crippen LogP contribution in [0.3, 0.4) is 0 Å². The zero-order valence-corrected chi connectivity index (χ0v) is 10.9. The summed E-state index contributed by atoms with van der Waals surface area (Å²) in [6.07, 6.45) is 2.79. The Morgan fingerprint density at radius 1 is 1.19 bits per heavy atom. The van der Waals surface area contributed by atoms with Gasteiger partial charge in [0.25, 0.3) is 5.89 Å². The van der Waals surface area contributed by atoms with E-state index in [1.54, 1.807) is 18.2 Å². The molecule has 21 heavy (non-hydrogen) atoms. The molecule has 3 heterocycles. The van der Waals surface area contributed by atoms with Crippen LogP contribution in [-0.4, -0.2) is 32.2 Å². The number of hydrogen-bond donors (Lipinski definition) is 0. The Morgan fingerprint density at radius 2 is 2.10 bits per heavy atom. The maximum absolute atomic E-state index is 8.73. The average molecular weight is 280 g/mol. The molecule has 3 aromatic rings. The number of nitriles is 1. The van der Waals surface area contributed by atoms with Gasteiger partial charge in [-0.15, -0.1) is 0 Å². The Bertz CT molecular complexity index is 806. The van der Waals surface area contributed by atoms with Gasteiger partial charge in [-0.25, -0.2) is 15.0 Å². The Kier molecular flexibility index (Phi) is 3.22. The summed E-state index contributed by atoms with van der Waals surface area (Å²) in [5.74, 6) is 0.951. The van der Waals surface area contributed by atoms with Gasteiger partial charge < -0.3 is 9.26 Å². The second-order valence-electron chi connectivity index (χ2n) is 3.91. The van der Waals surface area contributed by atoms with Crippen LogP contribution in [0.4, 0.5) is 0 Å². The van der Waals surface area contributed by atoms with Crippen LogP contribution >= 0.6 is 0 Å². The number of hydrogen-bond acceptors (Lipinski definition) is 8. The molecule has 0 aliphatic carbocycles. The number of pyridine rings is 1. The molecule has 102 valence electrons. The van der Waals surface area contributed by atoms with Gasteiger partial charge in [0.15, 0.2) is 0 Å². The number of rotatable bonds is 3. The number of methoxy groups -OCH3 is 1. The molecule has 0 radical (unpaired) electrons. The van der Waals surface area contributed by atoms with E-state index in [2.05, 4.69) is 25.1 Å². The zero-order valence-electron chi connectivity index (χ0n) is 10.9. The summed E-state index contributed by atoms with van der Waals surface area (Å²) in [7, 11) is 1.51. The molecular formula is C13H8N6O2. The van der Waals surface area contributed by atoms with E-state index in [4.69, 9.17) is 14.5 Å². The largest absolute Gasteiger partial charge is 0.481 e. The maximum Gasteiger partial charge on any atom is 0.276 e. The van der Waals surface area contributed by atoms with E-state index in [1.807, 2.05) is 6.07 Å². The molecule has 0 N–H and O–H groups in total. The van der Waals surface area contributed by atoms with Gasteiger partial charge in [0, 0.05) is 12.3 Å². The summed E-state index contributed by atoms with van der Waals surface area (Å²) in [6.45, 7) is 0. The van der Waals surface area contributed by atoms with Crippen molar-refractivity contribution in [3.63, 3.8) is 0 Å². The highest BCUT2D eigenvalue weighted by atomic mass is 16.5. The minimum absolute atomic E-state index is 0.243. The fourth-order valence-electron chi connectivity index (χ4n) is 1.59. The standard InChI is InChI=1S/C13H8N6O2/c1-20-11-4-10(16-7-17-11)12-18-13(21-19-12)9-3-2-8(5-14)6-15-9/h2-4,6-7H,1H3. The van der Waals surface area contributed by atoms with E-state index in [9.17, 15) is 0 Å². The first-order valence-corrected chi connectivity index (χ1v) is 5.87. The lowest BCUT2D eigenvalue weighted by Crippen LogP contribution is -1.92. The second kappa shape index (κ2) is 5.34. The molecule has 0 unspecified atom stereocenters. The van der Waals surface area contributed by atoms with Crippen LogP contribution in [0.15, 0.2) is 35.2 Å². The van der Waals surface area contributed by atoms with E-state index in [0.29, 0.717) is 28.7 Å². The van der Waals surface area contributed by atoms with Crippen molar-refractivity contribution in [1.82, 2.24) is 25.1 Å². The Labute approximate surface area is 119 Å². The number of ether oxygens (including phenoxy) is 1. The molecule has 3 aromatic heterocycles. The molecule has 0 aliphatic heterocycles. The fraction of sp³-hybridized carbons (Fsp3) is 0.0769. The lowest BCUT2D eigenvalue weighted by Gasteiger charge is -1.97. The highest BCUT2D eigenvalue weighted by Gasteiger charge is 2.13. The van der Waals surface area contributed by atoms with Gasteiger partial charge in [-0.05, 0) is 12.1 Å². The first kappa shape index (κ1) is 12.7. The molecule has 3 rings (SSSR count). The van der Waals surface area contributed by atoms with Crippen molar-refractivity contribution in [3.8, 4) is 35.1 Å². The molecule has 0 bridgehead atoms. The Hall–Kier alpha value is -3.34. The van der Waals surface area contributed by atoms with E-state index >= 15 is 0 Å². The number of aromatic nitrogens is 5. The third-order valence-electron chi connectivity index (χ3n) is 2.62. The molecule has 8 nitrogen and oxygen atoms in total. The summed E-state index contributed by atoms with van der Waals surface area (Å²) < 4.78 is 10.2. The van der Waals surface area contributed by atoms with Crippen LogP contribution < -0.4 is 4.74 Å². The number of nitrogens with zero attached hydrogens (tertiary/aromatic N) is 6. The Morgan fingerprint density at radius 3 is 2.81 bits per heavy atom. The van der Waals surface area contributed by atoms with Gasteiger partial charge in [0.05, 0.1) is 12.7 Å². The van der Waals surface area contributed by atoms with Gasteiger partial charge in [-0.3, -0.25) is 0 Å². The molecule has 0 atom stereocenters. The van der Waals surface area contributed by atoms with Crippen LogP contribution in [0.1, 0.15) is 5.56 Å². The Balaban J connectivity index is 1.93. The van der Waals surface area contributed by atoms with Gasteiger partial charge in [0.1, 0.15) is 23.8 Å². The van der Waals surface area contributed by atoms with Crippen LogP contribution in [0.25, 0.3) is 23.1 Å². The second-order valence-corrected chi connectivity index (χ2v) is 3.91. The normalized spacial score (nSPS) is 10.1. The average Bonchev–Trinajstić information content (AvgIpc) is 3.05. The van der Waals surface area contributed by atoms with E-state index in [-0.39, 0.29) is 5.89 Å². The van der Waals surface area contributed by atoms with Crippen LogP contribution in [-0.2, 0) is 0 Å². The predicted molar refractivity (Wildman–Crippen MR) is 69.8 cm³/mol. The topological polar surface area (TPSA) is 111 Å². The molecule has 0 aliphatic rings. The lowest BCUT2D eigenvalue weighted by molar-refractivity contribution is 0.397. The molecule has 0 amide bonds. The molecule has 0 aromatic carbocycles. The summed E-state index contributed by atoms with van der Waals surface area (Å²) in [5.41, 5.74) is 1.42. The van der Waals surface area contributed by atoms with Crippen molar-refractivity contribution in [3.05, 3.63) is 36.3 Å². The summed E-state index contributed by atoms with van der Waals surface area (Å²) in [6, 6.07) is 6.85. The molecular weight excluding hydrogens is 272 g/mol. The third-order valence-corrected chi connectivity index (χ3v) is 2.62. The fourth-order valence-corrected chi connectivity index (χ4v) is 1.59. The monoisotopic (exact) mass is 280 g/mol. The highest BCUT2D eigenvalue weighted by molar-refractivity contribution is 5.55. The van der Waals surface area contributed by atoms with E-state index in [0.717, 1.165) is 0 Å². The molecule has 0 fully saturated rings. The molecule has 0 saturated carbocycles. The van der Waals surface area contributed by atoms with Crippen molar-refractivity contribution in [2.24, 2.45) is 0 Å². The predicted octanol–water partition coefficient (Wildman–Crippen LogP) is 1.47. The van der Waals surface area contributed by atoms with Crippen molar-refractivity contribution < 1.29 is 9.26 Å². The van der Waals surface area contributed by atoms with Crippen molar-refractivity contribution >= 4 is 0 Å². The van der Waals surface area contributed by atoms with Gasteiger partial charge >= 0.3 is 0 Å². The van der Waals surface area contributed by atoms with E-state index in [1.165, 1.54) is 19.6 Å². The first-order valence-electron chi connectivity index (χ1n) is 5.87. The van der Waals surface area contributed by atoms with Gasteiger partial charge in [-0.1, -0.05) is 5.16 Å². The van der Waals surface area contributed by atoms with E-state index < -0.39 is 0 Å². The van der Waals surface area contributed by atoms with Crippen LogP contribution in [0, 0.1) is 11.3 Å². The maximum atomic E-state index is 8.73. The lowest BCUT2D eigenvalue weighted by atomic mass is 10.2. The quantitative estimate of drug-likeness (QED) is 0.709. The molecule has 8 heteroatoms. The molecule has 0 saturated heterocycles. The minimum atomic E-state index is 0.243. The third kappa shape index (κ3) is 2.52. The highest BCUT2D eigenvalue weighted by Crippen LogP contribution is 2.21. The van der Waals surface area contributed by atoms with Crippen molar-refractivity contribution in [2.45, 2.75) is 0 Å². The van der Waals surface area contributed by atoms with Crippen molar-refractivity contribution in [2.75, 3.05) is 7.11 Å². The van der Waals surface area contributed by atoms with Gasteiger partial charge in [-0.2, -0.15) is 10.2 Å². The minimum Gasteiger partial charge on any atom is -0.481 e.